The lowest BCUT2D eigenvalue weighted by atomic mass is 10.1. The number of nitrogens with one attached hydrogen (secondary N) is 1. The molecule has 0 bridgehead atoms. The molecule has 1 aliphatic rings. The van der Waals surface area contributed by atoms with E-state index in [1.807, 2.05) is 12.1 Å². The van der Waals surface area contributed by atoms with Crippen molar-refractivity contribution < 1.29 is 13.2 Å². The van der Waals surface area contributed by atoms with E-state index < -0.39 is 15.9 Å². The van der Waals surface area contributed by atoms with E-state index in [4.69, 9.17) is 11.6 Å². The standard InChI is InChI=1S/C14H14ClN3O3S/c1-18-8-11(7-16-18)22(20,21)17-14(19)13-6-12(13)9-3-2-4-10(15)5-9/h2-5,7-8,12-13H,6H2,1H3,(H,17,19)/t12-,13+/m0/s1. The summed E-state index contributed by atoms with van der Waals surface area (Å²) in [4.78, 5) is 12.1. The van der Waals surface area contributed by atoms with Crippen LogP contribution in [-0.4, -0.2) is 24.1 Å². The highest BCUT2D eigenvalue weighted by molar-refractivity contribution is 7.90. The third-order valence-electron chi connectivity index (χ3n) is 3.63. The van der Waals surface area contributed by atoms with Crippen molar-refractivity contribution in [1.82, 2.24) is 14.5 Å². The number of amides is 1. The number of benzene rings is 1. The predicted molar refractivity (Wildman–Crippen MR) is 80.8 cm³/mol. The molecule has 8 heteroatoms. The number of nitrogens with zero attached hydrogens (tertiary/aromatic N) is 2. The number of halogens is 1. The summed E-state index contributed by atoms with van der Waals surface area (Å²) >= 11 is 5.93. The highest BCUT2D eigenvalue weighted by Crippen LogP contribution is 2.48. The molecule has 1 aromatic carbocycles. The molecule has 1 fully saturated rings. The van der Waals surface area contributed by atoms with Crippen LogP contribution in [0.4, 0.5) is 0 Å². The van der Waals surface area contributed by atoms with Crippen molar-refractivity contribution in [2.24, 2.45) is 13.0 Å². The monoisotopic (exact) mass is 339 g/mol. The van der Waals surface area contributed by atoms with Crippen LogP contribution < -0.4 is 4.72 Å². The first-order chi connectivity index (χ1) is 10.4. The van der Waals surface area contributed by atoms with Gasteiger partial charge in [-0.25, -0.2) is 13.1 Å². The number of aryl methyl sites for hydroxylation is 1. The number of aromatic nitrogens is 2. The second-order valence-corrected chi connectivity index (χ2v) is 7.44. The molecule has 2 atom stereocenters. The van der Waals surface area contributed by atoms with Gasteiger partial charge < -0.3 is 0 Å². The highest BCUT2D eigenvalue weighted by atomic mass is 35.5. The number of hydrogen-bond acceptors (Lipinski definition) is 4. The van der Waals surface area contributed by atoms with Crippen LogP contribution in [0.5, 0.6) is 0 Å². The highest BCUT2D eigenvalue weighted by Gasteiger charge is 2.45. The first-order valence-corrected chi connectivity index (χ1v) is 8.54. The smallest absolute Gasteiger partial charge is 0.267 e. The Hall–Kier alpha value is -1.86. The maximum atomic E-state index is 12.1. The Bertz CT molecular complexity index is 831. The number of carbonyl (C=O) groups is 1. The fourth-order valence-corrected chi connectivity index (χ4v) is 3.61. The third kappa shape index (κ3) is 3.00. The van der Waals surface area contributed by atoms with E-state index in [9.17, 15) is 13.2 Å². The second-order valence-electron chi connectivity index (χ2n) is 5.32. The molecule has 1 amide bonds. The lowest BCUT2D eigenvalue weighted by Crippen LogP contribution is -2.31. The van der Waals surface area contributed by atoms with E-state index >= 15 is 0 Å². The zero-order valence-electron chi connectivity index (χ0n) is 11.7. The van der Waals surface area contributed by atoms with Crippen LogP contribution >= 0.6 is 11.6 Å². The van der Waals surface area contributed by atoms with Crippen molar-refractivity contribution in [3.63, 3.8) is 0 Å². The summed E-state index contributed by atoms with van der Waals surface area (Å²) < 4.78 is 27.6. The summed E-state index contributed by atoms with van der Waals surface area (Å²) in [6, 6.07) is 7.27. The van der Waals surface area contributed by atoms with Crippen molar-refractivity contribution in [3.8, 4) is 0 Å². The number of carbonyl (C=O) groups excluding carboxylic acids is 1. The molecule has 3 rings (SSSR count). The van der Waals surface area contributed by atoms with Gasteiger partial charge in [-0.15, -0.1) is 0 Å². The number of sulfonamides is 1. The maximum absolute atomic E-state index is 12.1. The molecule has 1 aliphatic carbocycles. The second kappa shape index (κ2) is 5.40. The van der Waals surface area contributed by atoms with Gasteiger partial charge in [-0.05, 0) is 30.0 Å². The Morgan fingerprint density at radius 3 is 2.86 bits per heavy atom. The molecule has 22 heavy (non-hydrogen) atoms. The maximum Gasteiger partial charge on any atom is 0.267 e. The molecule has 0 aliphatic heterocycles. The van der Waals surface area contributed by atoms with Crippen LogP contribution in [0.25, 0.3) is 0 Å². The molecule has 2 aromatic rings. The first kappa shape index (κ1) is 15.1. The Balaban J connectivity index is 1.69. The molecule has 6 nitrogen and oxygen atoms in total. The van der Waals surface area contributed by atoms with Crippen molar-refractivity contribution in [2.45, 2.75) is 17.2 Å². The van der Waals surface area contributed by atoms with E-state index in [1.165, 1.54) is 17.1 Å². The van der Waals surface area contributed by atoms with Crippen LogP contribution in [0.15, 0.2) is 41.6 Å². The van der Waals surface area contributed by atoms with Gasteiger partial charge in [0.05, 0.1) is 6.20 Å². The zero-order valence-corrected chi connectivity index (χ0v) is 13.3. The summed E-state index contributed by atoms with van der Waals surface area (Å²) in [5, 5.41) is 4.40. The van der Waals surface area contributed by atoms with Gasteiger partial charge in [-0.3, -0.25) is 9.48 Å². The fraction of sp³-hybridized carbons (Fsp3) is 0.286. The average molecular weight is 340 g/mol. The lowest BCUT2D eigenvalue weighted by molar-refractivity contribution is -0.120. The fourth-order valence-electron chi connectivity index (χ4n) is 2.39. The van der Waals surface area contributed by atoms with E-state index in [0.717, 1.165) is 5.56 Å². The van der Waals surface area contributed by atoms with Gasteiger partial charge in [0.15, 0.2) is 0 Å². The first-order valence-electron chi connectivity index (χ1n) is 6.67. The summed E-state index contributed by atoms with van der Waals surface area (Å²) in [6.07, 6.45) is 3.17. The molecule has 0 radical (unpaired) electrons. The van der Waals surface area contributed by atoms with Gasteiger partial charge in [0.1, 0.15) is 4.90 Å². The lowest BCUT2D eigenvalue weighted by Gasteiger charge is -2.05. The van der Waals surface area contributed by atoms with Crippen molar-refractivity contribution in [3.05, 3.63) is 47.2 Å². The zero-order chi connectivity index (χ0) is 15.9. The van der Waals surface area contributed by atoms with Crippen molar-refractivity contribution in [2.75, 3.05) is 0 Å². The molecular weight excluding hydrogens is 326 g/mol. The van der Waals surface area contributed by atoms with Crippen molar-refractivity contribution in [1.29, 1.82) is 0 Å². The van der Waals surface area contributed by atoms with Crippen molar-refractivity contribution >= 4 is 27.5 Å². The number of hydrogen-bond donors (Lipinski definition) is 1. The summed E-state index contributed by atoms with van der Waals surface area (Å²) in [7, 11) is -2.26. The Morgan fingerprint density at radius 1 is 1.45 bits per heavy atom. The van der Waals surface area contributed by atoms with Crippen LogP contribution in [0.1, 0.15) is 17.9 Å². The topological polar surface area (TPSA) is 81.1 Å². The van der Waals surface area contributed by atoms with E-state index in [-0.39, 0.29) is 16.7 Å². The summed E-state index contributed by atoms with van der Waals surface area (Å²) in [6.45, 7) is 0. The molecule has 1 N–H and O–H groups in total. The van der Waals surface area contributed by atoms with E-state index in [1.54, 1.807) is 19.2 Å². The molecule has 1 saturated carbocycles. The van der Waals surface area contributed by atoms with Gasteiger partial charge in [0.2, 0.25) is 5.91 Å². The average Bonchev–Trinajstić information content (AvgIpc) is 3.13. The molecule has 0 spiro atoms. The molecule has 0 saturated heterocycles. The minimum atomic E-state index is -3.87. The summed E-state index contributed by atoms with van der Waals surface area (Å²) in [5.74, 6) is -0.818. The SMILES string of the molecule is Cn1cc(S(=O)(=O)NC(=O)[C@@H]2C[C@H]2c2cccc(Cl)c2)cn1. The quantitative estimate of drug-likeness (QED) is 0.919. The van der Waals surface area contributed by atoms with Gasteiger partial charge >= 0.3 is 0 Å². The minimum Gasteiger partial charge on any atom is -0.274 e. The summed E-state index contributed by atoms with van der Waals surface area (Å²) in [5.41, 5.74) is 0.950. The minimum absolute atomic E-state index is 0.0165. The Labute approximate surface area is 133 Å². The molecule has 116 valence electrons. The van der Waals surface area contributed by atoms with Crippen LogP contribution in [0, 0.1) is 5.92 Å². The van der Waals surface area contributed by atoms with Gasteiger partial charge in [-0.2, -0.15) is 5.10 Å². The van der Waals surface area contributed by atoms with Crippen LogP contribution in [0.3, 0.4) is 0 Å². The Kier molecular flexibility index (Phi) is 3.70. The third-order valence-corrected chi connectivity index (χ3v) is 5.17. The normalized spacial score (nSPS) is 20.6. The molecule has 1 aromatic heterocycles. The van der Waals surface area contributed by atoms with E-state index in [2.05, 4.69) is 9.82 Å². The molecular formula is C14H14ClN3O3S. The van der Waals surface area contributed by atoms with Gasteiger partial charge in [-0.1, -0.05) is 23.7 Å². The molecule has 0 unspecified atom stereocenters. The van der Waals surface area contributed by atoms with Gasteiger partial charge in [0, 0.05) is 24.2 Å². The predicted octanol–water partition coefficient (Wildman–Crippen LogP) is 1.68. The Morgan fingerprint density at radius 2 is 2.23 bits per heavy atom. The van der Waals surface area contributed by atoms with Crippen LogP contribution in [0.2, 0.25) is 5.02 Å². The molecule has 1 heterocycles. The number of rotatable bonds is 4. The largest absolute Gasteiger partial charge is 0.274 e. The van der Waals surface area contributed by atoms with Gasteiger partial charge in [0.25, 0.3) is 10.0 Å². The van der Waals surface area contributed by atoms with Crippen LogP contribution in [-0.2, 0) is 21.9 Å². The van der Waals surface area contributed by atoms with E-state index in [0.29, 0.717) is 11.4 Å².